The fraction of sp³-hybridized carbons (Fsp3) is 0.158. The minimum atomic E-state index is -0.433. The van der Waals surface area contributed by atoms with Gasteiger partial charge in [0.2, 0.25) is 5.91 Å². The van der Waals surface area contributed by atoms with Crippen molar-refractivity contribution in [2.45, 2.75) is 6.92 Å². The van der Waals surface area contributed by atoms with Crippen LogP contribution in [0.5, 0.6) is 5.75 Å². The summed E-state index contributed by atoms with van der Waals surface area (Å²) in [6.45, 7) is 1.88. The van der Waals surface area contributed by atoms with Crippen LogP contribution in [0.3, 0.4) is 0 Å². The third kappa shape index (κ3) is 5.96. The molecule has 2 aromatic rings. The number of rotatable bonds is 7. The third-order valence-corrected chi connectivity index (χ3v) is 2.99. The normalized spacial score (nSPS) is 10.4. The third-order valence-electron chi connectivity index (χ3n) is 2.99. The molecule has 2 rings (SSSR count). The first-order valence-corrected chi connectivity index (χ1v) is 7.60. The average molecular weight is 325 g/mol. The molecule has 0 aliphatic carbocycles. The quantitative estimate of drug-likeness (QED) is 0.627. The van der Waals surface area contributed by atoms with Crippen LogP contribution in [0, 0.1) is 0 Å². The van der Waals surface area contributed by atoms with E-state index >= 15 is 0 Å². The first-order valence-electron chi connectivity index (χ1n) is 7.60. The molecule has 0 aliphatic heterocycles. The van der Waals surface area contributed by atoms with Gasteiger partial charge in [0.1, 0.15) is 5.75 Å². The maximum absolute atomic E-state index is 11.9. The molecule has 0 saturated heterocycles. The monoisotopic (exact) mass is 325 g/mol. The van der Waals surface area contributed by atoms with Crippen LogP contribution in [0.4, 0.5) is 5.69 Å². The zero-order chi connectivity index (χ0) is 17.2. The Morgan fingerprint density at radius 3 is 2.62 bits per heavy atom. The molecule has 0 heterocycles. The van der Waals surface area contributed by atoms with Crippen LogP contribution in [-0.4, -0.2) is 25.1 Å². The van der Waals surface area contributed by atoms with Crippen LogP contribution in [0.1, 0.15) is 12.5 Å². The van der Waals surface area contributed by atoms with Gasteiger partial charge in [-0.2, -0.15) is 0 Å². The van der Waals surface area contributed by atoms with E-state index in [1.54, 1.807) is 37.3 Å². The van der Waals surface area contributed by atoms with Crippen LogP contribution in [0.2, 0.25) is 0 Å². The lowest BCUT2D eigenvalue weighted by atomic mass is 10.2. The summed E-state index contributed by atoms with van der Waals surface area (Å²) in [7, 11) is 0. The fourth-order valence-electron chi connectivity index (χ4n) is 1.93. The van der Waals surface area contributed by atoms with Crippen molar-refractivity contribution in [1.82, 2.24) is 0 Å². The number of hydrogen-bond acceptors (Lipinski definition) is 4. The van der Waals surface area contributed by atoms with Crippen molar-refractivity contribution in [3.05, 3.63) is 66.2 Å². The lowest BCUT2D eigenvalue weighted by Gasteiger charge is -2.08. The van der Waals surface area contributed by atoms with Gasteiger partial charge >= 0.3 is 5.97 Å². The van der Waals surface area contributed by atoms with E-state index in [0.717, 1.165) is 5.56 Å². The smallest absolute Gasteiger partial charge is 0.344 e. The van der Waals surface area contributed by atoms with Crippen molar-refractivity contribution in [3.63, 3.8) is 0 Å². The zero-order valence-electron chi connectivity index (χ0n) is 13.4. The van der Waals surface area contributed by atoms with Gasteiger partial charge in [0.15, 0.2) is 6.61 Å². The van der Waals surface area contributed by atoms with Crippen molar-refractivity contribution >= 4 is 23.6 Å². The van der Waals surface area contributed by atoms with E-state index in [4.69, 9.17) is 9.47 Å². The summed E-state index contributed by atoms with van der Waals surface area (Å²) in [4.78, 5) is 23.2. The van der Waals surface area contributed by atoms with Gasteiger partial charge in [0.25, 0.3) is 0 Å². The standard InChI is InChI=1S/C19H19NO4/c1-2-23-19(22)14-24-17-10-6-9-16(13-17)20-18(21)12-11-15-7-4-3-5-8-15/h3-13H,2,14H2,1H3,(H,20,21). The second-order valence-corrected chi connectivity index (χ2v) is 4.85. The molecule has 2 aromatic carbocycles. The predicted octanol–water partition coefficient (Wildman–Crippen LogP) is 3.28. The minimum Gasteiger partial charge on any atom is -0.482 e. The van der Waals surface area contributed by atoms with Crippen molar-refractivity contribution < 1.29 is 19.1 Å². The molecule has 0 radical (unpaired) electrons. The Kier molecular flexibility index (Phi) is 6.58. The van der Waals surface area contributed by atoms with Crippen molar-refractivity contribution in [2.24, 2.45) is 0 Å². The fourth-order valence-corrected chi connectivity index (χ4v) is 1.93. The van der Waals surface area contributed by atoms with Crippen molar-refractivity contribution in [2.75, 3.05) is 18.5 Å². The highest BCUT2D eigenvalue weighted by Crippen LogP contribution is 2.17. The highest BCUT2D eigenvalue weighted by Gasteiger charge is 2.04. The van der Waals surface area contributed by atoms with Gasteiger partial charge in [-0.3, -0.25) is 4.79 Å². The molecule has 5 heteroatoms. The largest absolute Gasteiger partial charge is 0.482 e. The second kappa shape index (κ2) is 9.15. The SMILES string of the molecule is CCOC(=O)COc1cccc(NC(=O)C=Cc2ccccc2)c1. The first-order chi connectivity index (χ1) is 11.7. The highest BCUT2D eigenvalue weighted by atomic mass is 16.6. The Morgan fingerprint density at radius 2 is 1.88 bits per heavy atom. The van der Waals surface area contributed by atoms with E-state index in [0.29, 0.717) is 18.0 Å². The summed E-state index contributed by atoms with van der Waals surface area (Å²) in [6, 6.07) is 16.4. The molecule has 0 saturated carbocycles. The van der Waals surface area contributed by atoms with E-state index in [1.165, 1.54) is 6.08 Å². The summed E-state index contributed by atoms with van der Waals surface area (Å²) in [5.41, 5.74) is 1.53. The van der Waals surface area contributed by atoms with Crippen LogP contribution >= 0.6 is 0 Å². The number of hydrogen-bond donors (Lipinski definition) is 1. The molecule has 1 N–H and O–H groups in total. The molecule has 0 fully saturated rings. The number of benzene rings is 2. The Labute approximate surface area is 140 Å². The van der Waals surface area contributed by atoms with Crippen LogP contribution < -0.4 is 10.1 Å². The molecular formula is C19H19NO4. The summed E-state index contributed by atoms with van der Waals surface area (Å²) < 4.78 is 10.1. The Hall–Kier alpha value is -3.08. The maximum Gasteiger partial charge on any atom is 0.344 e. The maximum atomic E-state index is 11.9. The molecule has 5 nitrogen and oxygen atoms in total. The van der Waals surface area contributed by atoms with Gasteiger partial charge in [-0.15, -0.1) is 0 Å². The molecule has 24 heavy (non-hydrogen) atoms. The topological polar surface area (TPSA) is 64.6 Å². The lowest BCUT2D eigenvalue weighted by molar-refractivity contribution is -0.145. The molecule has 0 spiro atoms. The van der Waals surface area contributed by atoms with E-state index in [2.05, 4.69) is 5.32 Å². The molecule has 1 amide bonds. The number of esters is 1. The predicted molar refractivity (Wildman–Crippen MR) is 92.7 cm³/mol. The number of anilines is 1. The second-order valence-electron chi connectivity index (χ2n) is 4.85. The van der Waals surface area contributed by atoms with Crippen LogP contribution in [-0.2, 0) is 14.3 Å². The summed E-state index contributed by atoms with van der Waals surface area (Å²) in [5.74, 6) is -0.202. The van der Waals surface area contributed by atoms with E-state index in [9.17, 15) is 9.59 Å². The Balaban J connectivity index is 1.90. The van der Waals surface area contributed by atoms with Gasteiger partial charge in [0, 0.05) is 17.8 Å². The number of ether oxygens (including phenoxy) is 2. The number of carbonyl (C=O) groups is 2. The van der Waals surface area contributed by atoms with Crippen molar-refractivity contribution in [1.29, 1.82) is 0 Å². The highest BCUT2D eigenvalue weighted by molar-refractivity contribution is 6.02. The van der Waals surface area contributed by atoms with E-state index in [1.807, 2.05) is 30.3 Å². The van der Waals surface area contributed by atoms with E-state index < -0.39 is 5.97 Å². The van der Waals surface area contributed by atoms with Crippen LogP contribution in [0.15, 0.2) is 60.7 Å². The molecule has 124 valence electrons. The number of nitrogens with one attached hydrogen (secondary N) is 1. The number of amides is 1. The summed E-state index contributed by atoms with van der Waals surface area (Å²) >= 11 is 0. The Morgan fingerprint density at radius 1 is 1.08 bits per heavy atom. The van der Waals surface area contributed by atoms with Gasteiger partial charge in [-0.05, 0) is 30.7 Å². The zero-order valence-corrected chi connectivity index (χ0v) is 13.4. The van der Waals surface area contributed by atoms with Gasteiger partial charge in [-0.25, -0.2) is 4.79 Å². The lowest BCUT2D eigenvalue weighted by Crippen LogP contribution is -2.14. The van der Waals surface area contributed by atoms with Crippen LogP contribution in [0.25, 0.3) is 6.08 Å². The molecule has 0 aromatic heterocycles. The molecule has 0 atom stereocenters. The average Bonchev–Trinajstić information content (AvgIpc) is 2.60. The molecule has 0 unspecified atom stereocenters. The molecule has 0 aliphatic rings. The van der Waals surface area contributed by atoms with Gasteiger partial charge in [-0.1, -0.05) is 36.4 Å². The van der Waals surface area contributed by atoms with E-state index in [-0.39, 0.29) is 12.5 Å². The van der Waals surface area contributed by atoms with Gasteiger partial charge in [0.05, 0.1) is 6.61 Å². The number of carbonyl (C=O) groups excluding carboxylic acids is 2. The first kappa shape index (κ1) is 17.3. The summed E-state index contributed by atoms with van der Waals surface area (Å²) in [5, 5.41) is 2.74. The Bertz CT molecular complexity index is 710. The molecular weight excluding hydrogens is 306 g/mol. The molecule has 0 bridgehead atoms. The van der Waals surface area contributed by atoms with Crippen molar-refractivity contribution in [3.8, 4) is 5.75 Å². The van der Waals surface area contributed by atoms with Gasteiger partial charge < -0.3 is 14.8 Å². The minimum absolute atomic E-state index is 0.168. The summed E-state index contributed by atoms with van der Waals surface area (Å²) in [6.07, 6.45) is 3.19.